The molecule has 0 aliphatic carbocycles. The van der Waals surface area contributed by atoms with Crippen LogP contribution in [-0.2, 0) is 0 Å². The van der Waals surface area contributed by atoms with E-state index in [0.29, 0.717) is 0 Å². The Bertz CT molecular complexity index is 673. The third kappa shape index (κ3) is 4.54. The average molecular weight is 472 g/mol. The quantitative estimate of drug-likeness (QED) is 0.344. The zero-order valence-corrected chi connectivity index (χ0v) is 17.4. The summed E-state index contributed by atoms with van der Waals surface area (Å²) in [6.45, 7) is 4.31. The molecule has 2 heterocycles. The van der Waals surface area contributed by atoms with E-state index in [0.717, 1.165) is 21.8 Å². The second-order valence-electron chi connectivity index (χ2n) is 4.78. The molecule has 3 aromatic rings. The monoisotopic (exact) mass is 472 g/mol. The van der Waals surface area contributed by atoms with Gasteiger partial charge in [0.1, 0.15) is 0 Å². The Hall–Kier alpha value is -0.391. The minimum absolute atomic E-state index is 0.977. The maximum Gasteiger partial charge on any atom is 0.0964 e. The van der Waals surface area contributed by atoms with E-state index in [1.165, 1.54) is 8.87 Å². The average Bonchev–Trinajstić information content (AvgIpc) is 2.55. The van der Waals surface area contributed by atoms with Gasteiger partial charge in [0.05, 0.1) is 11.0 Å². The maximum absolute atomic E-state index is 6.03. The fourth-order valence-electron chi connectivity index (χ4n) is 1.93. The van der Waals surface area contributed by atoms with Gasteiger partial charge in [0.2, 0.25) is 0 Å². The SMILES string of the molecule is C[CH2][Sn]([Cl])([Br])[CH2]C.c1cnc2c(c1)ccc1cccnc12. The van der Waals surface area contributed by atoms with Crippen molar-refractivity contribution >= 4 is 58.5 Å². The zero-order chi connectivity index (χ0) is 15.3. The van der Waals surface area contributed by atoms with Crippen molar-refractivity contribution < 1.29 is 0 Å². The van der Waals surface area contributed by atoms with E-state index >= 15 is 0 Å². The van der Waals surface area contributed by atoms with Gasteiger partial charge in [-0.2, -0.15) is 0 Å². The normalized spacial score (nSPS) is 11.2. The third-order valence-corrected chi connectivity index (χ3v) is 20.4. The second kappa shape index (κ2) is 7.75. The molecule has 0 saturated heterocycles. The van der Waals surface area contributed by atoms with Crippen LogP contribution in [0.25, 0.3) is 21.8 Å². The standard InChI is InChI=1S/C12H8N2.2C2H5.BrH.ClH.Sn/c1-3-9-5-6-10-4-2-8-14-12(10)11(9)13-7-1;2*1-2;;;/h1-8H;2*1H2,2H3;2*1H;/q;;;;;+2/p-2. The van der Waals surface area contributed by atoms with Gasteiger partial charge in [-0.25, -0.2) is 0 Å². The van der Waals surface area contributed by atoms with Crippen molar-refractivity contribution in [1.82, 2.24) is 9.97 Å². The molecule has 0 aliphatic rings. The molecule has 0 radical (unpaired) electrons. The zero-order valence-electron chi connectivity index (χ0n) is 12.2. The van der Waals surface area contributed by atoms with Crippen molar-refractivity contribution in [2.24, 2.45) is 0 Å². The largest absolute Gasteiger partial charge is 0.254 e. The van der Waals surface area contributed by atoms with Gasteiger partial charge in [0.25, 0.3) is 0 Å². The smallest absolute Gasteiger partial charge is 0.0964 e. The van der Waals surface area contributed by atoms with Gasteiger partial charge in [-0.3, -0.25) is 9.97 Å². The molecule has 0 amide bonds. The van der Waals surface area contributed by atoms with Crippen LogP contribution in [0.3, 0.4) is 0 Å². The minimum Gasteiger partial charge on any atom is -0.254 e. The molecule has 21 heavy (non-hydrogen) atoms. The molecule has 0 bridgehead atoms. The number of hydrogen-bond donors (Lipinski definition) is 0. The van der Waals surface area contributed by atoms with Crippen molar-refractivity contribution in [1.29, 1.82) is 0 Å². The van der Waals surface area contributed by atoms with E-state index in [1.807, 2.05) is 12.1 Å². The van der Waals surface area contributed by atoms with Gasteiger partial charge in [-0.05, 0) is 12.1 Å². The molecule has 0 saturated carbocycles. The van der Waals surface area contributed by atoms with Gasteiger partial charge in [0, 0.05) is 23.2 Å². The topological polar surface area (TPSA) is 25.8 Å². The van der Waals surface area contributed by atoms with Gasteiger partial charge in [-0.15, -0.1) is 0 Å². The van der Waals surface area contributed by atoms with Crippen LogP contribution in [0.15, 0.2) is 48.8 Å². The Morgan fingerprint density at radius 2 is 1.33 bits per heavy atom. The van der Waals surface area contributed by atoms with E-state index in [9.17, 15) is 0 Å². The van der Waals surface area contributed by atoms with Gasteiger partial charge in [-0.1, -0.05) is 24.3 Å². The summed E-state index contributed by atoms with van der Waals surface area (Å²) in [4.78, 5) is 8.69. The first-order valence-electron chi connectivity index (χ1n) is 7.03. The summed E-state index contributed by atoms with van der Waals surface area (Å²) < 4.78 is 2.37. The number of halogens is 2. The molecule has 0 spiro atoms. The summed E-state index contributed by atoms with van der Waals surface area (Å²) in [6.07, 6.45) is 3.60. The Morgan fingerprint density at radius 3 is 1.67 bits per heavy atom. The maximum atomic E-state index is 6.03. The molecule has 0 atom stereocenters. The second-order valence-corrected chi connectivity index (χ2v) is 31.8. The van der Waals surface area contributed by atoms with Gasteiger partial charge >= 0.3 is 59.4 Å². The Morgan fingerprint density at radius 1 is 0.905 bits per heavy atom. The van der Waals surface area contributed by atoms with Crippen LogP contribution in [0.2, 0.25) is 8.87 Å². The molecule has 0 aliphatic heterocycles. The van der Waals surface area contributed by atoms with Crippen LogP contribution in [0.1, 0.15) is 13.8 Å². The van der Waals surface area contributed by atoms with Crippen LogP contribution in [0.4, 0.5) is 0 Å². The Kier molecular flexibility index (Phi) is 6.26. The van der Waals surface area contributed by atoms with E-state index in [-0.39, 0.29) is 0 Å². The number of benzene rings is 1. The number of nitrogens with zero attached hydrogens (tertiary/aromatic N) is 2. The fraction of sp³-hybridized carbons (Fsp3) is 0.250. The molecule has 0 fully saturated rings. The third-order valence-electron chi connectivity index (χ3n) is 3.38. The molecule has 2 nitrogen and oxygen atoms in total. The van der Waals surface area contributed by atoms with E-state index in [2.05, 4.69) is 60.8 Å². The van der Waals surface area contributed by atoms with Crippen LogP contribution in [0.5, 0.6) is 0 Å². The molecule has 2 aromatic heterocycles. The Labute approximate surface area is 139 Å². The molecule has 0 unspecified atom stereocenters. The fourth-order valence-corrected chi connectivity index (χ4v) is 3.36. The first-order valence-corrected chi connectivity index (χ1v) is 21.1. The number of aromatic nitrogens is 2. The van der Waals surface area contributed by atoms with Crippen LogP contribution < -0.4 is 0 Å². The number of pyridine rings is 2. The van der Waals surface area contributed by atoms with Crippen LogP contribution >= 0.6 is 21.6 Å². The van der Waals surface area contributed by atoms with Crippen LogP contribution in [0, 0.1) is 0 Å². The minimum atomic E-state index is -2.00. The first kappa shape index (κ1) is 17.0. The molecule has 5 heteroatoms. The van der Waals surface area contributed by atoms with E-state index in [1.54, 1.807) is 12.4 Å². The molecule has 1 aromatic carbocycles. The molecule has 110 valence electrons. The molecule has 3 rings (SSSR count). The van der Waals surface area contributed by atoms with Gasteiger partial charge < -0.3 is 0 Å². The summed E-state index contributed by atoms with van der Waals surface area (Å²) in [6, 6.07) is 12.1. The predicted octanol–water partition coefficient (Wildman–Crippen LogP) is 5.89. The number of rotatable bonds is 2. The summed E-state index contributed by atoms with van der Waals surface area (Å²) in [5.41, 5.74) is 1.95. The van der Waals surface area contributed by atoms with Crippen molar-refractivity contribution in [2.75, 3.05) is 0 Å². The molecular weight excluding hydrogens is 454 g/mol. The van der Waals surface area contributed by atoms with Crippen molar-refractivity contribution in [3.63, 3.8) is 0 Å². The van der Waals surface area contributed by atoms with Gasteiger partial charge in [0.15, 0.2) is 0 Å². The van der Waals surface area contributed by atoms with Crippen molar-refractivity contribution in [3.05, 3.63) is 48.8 Å². The van der Waals surface area contributed by atoms with E-state index in [4.69, 9.17) is 8.92 Å². The summed E-state index contributed by atoms with van der Waals surface area (Å²) in [7, 11) is 6.03. The number of hydrogen-bond acceptors (Lipinski definition) is 2. The number of fused-ring (bicyclic) bond motifs is 3. The molecular formula is C16H18BrClN2Sn. The van der Waals surface area contributed by atoms with Crippen molar-refractivity contribution in [3.8, 4) is 0 Å². The summed E-state index contributed by atoms with van der Waals surface area (Å²) in [5.74, 6) is 0. The predicted molar refractivity (Wildman–Crippen MR) is 98.5 cm³/mol. The Balaban J connectivity index is 0.000000199. The molecule has 0 N–H and O–H groups in total. The van der Waals surface area contributed by atoms with Crippen molar-refractivity contribution in [2.45, 2.75) is 22.7 Å². The summed E-state index contributed by atoms with van der Waals surface area (Å²) in [5, 5.41) is 2.28. The summed E-state index contributed by atoms with van der Waals surface area (Å²) >= 11 is 1.56. The first-order chi connectivity index (χ1) is 10.1. The van der Waals surface area contributed by atoms with E-state index < -0.39 is 15.0 Å². The van der Waals surface area contributed by atoms with Crippen LogP contribution in [-0.4, -0.2) is 25.0 Å².